The lowest BCUT2D eigenvalue weighted by molar-refractivity contribution is -0.135. The molecule has 0 saturated heterocycles. The second-order valence-corrected chi connectivity index (χ2v) is 2.75. The normalized spacial score (nSPS) is 11.3. The largest absolute Gasteiger partial charge is 0.425 e. The Kier molecular flexibility index (Phi) is 5.92. The Labute approximate surface area is 89.7 Å². The van der Waals surface area contributed by atoms with E-state index in [0.717, 1.165) is 0 Å². The van der Waals surface area contributed by atoms with Gasteiger partial charge >= 0.3 is 5.97 Å². The summed E-state index contributed by atoms with van der Waals surface area (Å²) in [5, 5.41) is 0. The summed E-state index contributed by atoms with van der Waals surface area (Å²) in [6, 6.07) is 8.39. The van der Waals surface area contributed by atoms with Crippen LogP contribution in [0.25, 0.3) is 0 Å². The molecule has 1 aromatic rings. The molecule has 1 rings (SSSR count). The number of benzene rings is 1. The van der Waals surface area contributed by atoms with Crippen molar-refractivity contribution in [3.8, 4) is 5.75 Å². The first-order valence-corrected chi connectivity index (χ1v) is 4.26. The van der Waals surface area contributed by atoms with E-state index in [0.29, 0.717) is 12.2 Å². The topological polar surface area (TPSA) is 52.3 Å². The SMILES string of the molecule is CC[C@H](N)C(=O)Oc1ccccc1.Cl. The summed E-state index contributed by atoms with van der Waals surface area (Å²) in [6.07, 6.45) is 0.589. The summed E-state index contributed by atoms with van der Waals surface area (Å²) in [5.41, 5.74) is 5.49. The van der Waals surface area contributed by atoms with Crippen molar-refractivity contribution < 1.29 is 9.53 Å². The molecule has 1 aromatic carbocycles. The summed E-state index contributed by atoms with van der Waals surface area (Å²) >= 11 is 0. The minimum absolute atomic E-state index is 0. The molecule has 1 atom stereocenters. The van der Waals surface area contributed by atoms with Crippen molar-refractivity contribution in [1.29, 1.82) is 0 Å². The van der Waals surface area contributed by atoms with Crippen LogP contribution in [0, 0.1) is 0 Å². The quantitative estimate of drug-likeness (QED) is 0.618. The van der Waals surface area contributed by atoms with Crippen LogP contribution >= 0.6 is 12.4 Å². The minimum atomic E-state index is -0.528. The second-order valence-electron chi connectivity index (χ2n) is 2.75. The number of rotatable bonds is 3. The number of para-hydroxylation sites is 1. The number of nitrogens with two attached hydrogens (primary N) is 1. The number of halogens is 1. The third-order valence-electron chi connectivity index (χ3n) is 1.70. The van der Waals surface area contributed by atoms with Gasteiger partial charge in [-0.2, -0.15) is 0 Å². The molecule has 14 heavy (non-hydrogen) atoms. The van der Waals surface area contributed by atoms with E-state index >= 15 is 0 Å². The zero-order valence-corrected chi connectivity index (χ0v) is 8.79. The van der Waals surface area contributed by atoms with Gasteiger partial charge in [-0.05, 0) is 18.6 Å². The van der Waals surface area contributed by atoms with E-state index in [1.807, 2.05) is 13.0 Å². The number of hydrogen-bond donors (Lipinski definition) is 1. The average molecular weight is 216 g/mol. The molecule has 0 amide bonds. The Morgan fingerprint density at radius 1 is 1.43 bits per heavy atom. The van der Waals surface area contributed by atoms with Gasteiger partial charge < -0.3 is 10.5 Å². The van der Waals surface area contributed by atoms with Crippen molar-refractivity contribution >= 4 is 18.4 Å². The molecule has 0 aromatic heterocycles. The summed E-state index contributed by atoms with van der Waals surface area (Å²) in [5.74, 6) is 0.158. The summed E-state index contributed by atoms with van der Waals surface area (Å²) < 4.78 is 5.00. The molecule has 0 aliphatic heterocycles. The second kappa shape index (κ2) is 6.40. The number of esters is 1. The summed E-state index contributed by atoms with van der Waals surface area (Å²) in [7, 11) is 0. The molecule has 0 spiro atoms. The third-order valence-corrected chi connectivity index (χ3v) is 1.70. The number of hydrogen-bond acceptors (Lipinski definition) is 3. The van der Waals surface area contributed by atoms with Crippen molar-refractivity contribution in [2.75, 3.05) is 0 Å². The monoisotopic (exact) mass is 215 g/mol. The van der Waals surface area contributed by atoms with Crippen LogP contribution in [0.3, 0.4) is 0 Å². The molecule has 0 fully saturated rings. The zero-order chi connectivity index (χ0) is 9.68. The van der Waals surface area contributed by atoms with Crippen LogP contribution in [-0.2, 0) is 4.79 Å². The van der Waals surface area contributed by atoms with Crippen molar-refractivity contribution in [2.45, 2.75) is 19.4 Å². The van der Waals surface area contributed by atoms with Gasteiger partial charge in [0.2, 0.25) is 0 Å². The third kappa shape index (κ3) is 3.77. The highest BCUT2D eigenvalue weighted by molar-refractivity contribution is 5.85. The van der Waals surface area contributed by atoms with Crippen LogP contribution in [-0.4, -0.2) is 12.0 Å². The van der Waals surface area contributed by atoms with E-state index in [2.05, 4.69) is 0 Å². The summed E-state index contributed by atoms with van der Waals surface area (Å²) in [6.45, 7) is 1.84. The standard InChI is InChI=1S/C10H13NO2.ClH/c1-2-9(11)10(12)13-8-6-4-3-5-7-8;/h3-7,9H,2,11H2,1H3;1H/t9-;/m0./s1. The van der Waals surface area contributed by atoms with Crippen LogP contribution in [0.1, 0.15) is 13.3 Å². The molecular formula is C10H14ClNO2. The average Bonchev–Trinajstić information content (AvgIpc) is 2.18. The van der Waals surface area contributed by atoms with E-state index in [4.69, 9.17) is 10.5 Å². The molecule has 0 aliphatic rings. The molecule has 0 aliphatic carbocycles. The number of carbonyl (C=O) groups excluding carboxylic acids is 1. The lowest BCUT2D eigenvalue weighted by Gasteiger charge is -2.08. The molecular weight excluding hydrogens is 202 g/mol. The Balaban J connectivity index is 0.00000169. The Hall–Kier alpha value is -1.06. The van der Waals surface area contributed by atoms with Crippen molar-refractivity contribution in [3.05, 3.63) is 30.3 Å². The van der Waals surface area contributed by atoms with Gasteiger partial charge in [0.25, 0.3) is 0 Å². The predicted molar refractivity (Wildman–Crippen MR) is 57.6 cm³/mol. The van der Waals surface area contributed by atoms with Gasteiger partial charge in [-0.3, -0.25) is 0 Å². The fraction of sp³-hybridized carbons (Fsp3) is 0.300. The first-order valence-electron chi connectivity index (χ1n) is 4.26. The number of carbonyl (C=O) groups is 1. The smallest absolute Gasteiger partial charge is 0.328 e. The number of ether oxygens (including phenoxy) is 1. The van der Waals surface area contributed by atoms with Crippen molar-refractivity contribution in [1.82, 2.24) is 0 Å². The van der Waals surface area contributed by atoms with Crippen molar-refractivity contribution in [2.24, 2.45) is 5.73 Å². The van der Waals surface area contributed by atoms with Gasteiger partial charge in [0.05, 0.1) is 0 Å². The summed E-state index contributed by atoms with van der Waals surface area (Å²) in [4.78, 5) is 11.2. The molecule has 0 unspecified atom stereocenters. The van der Waals surface area contributed by atoms with Gasteiger partial charge in [0, 0.05) is 0 Å². The van der Waals surface area contributed by atoms with Gasteiger partial charge in [0.1, 0.15) is 11.8 Å². The first kappa shape index (κ1) is 12.9. The predicted octanol–water partition coefficient (Wildman–Crippen LogP) is 1.75. The highest BCUT2D eigenvalue weighted by atomic mass is 35.5. The first-order chi connectivity index (χ1) is 6.24. The molecule has 78 valence electrons. The van der Waals surface area contributed by atoms with Gasteiger partial charge in [-0.15, -0.1) is 12.4 Å². The van der Waals surface area contributed by atoms with Crippen LogP contribution in [0.2, 0.25) is 0 Å². The molecule has 0 saturated carbocycles. The van der Waals surface area contributed by atoms with E-state index in [1.165, 1.54) is 0 Å². The van der Waals surface area contributed by atoms with Gasteiger partial charge in [-0.25, -0.2) is 4.79 Å². The van der Waals surface area contributed by atoms with E-state index in [1.54, 1.807) is 24.3 Å². The lowest BCUT2D eigenvalue weighted by atomic mass is 10.2. The molecule has 2 N–H and O–H groups in total. The molecule has 0 radical (unpaired) electrons. The maximum Gasteiger partial charge on any atom is 0.328 e. The van der Waals surface area contributed by atoms with Crippen LogP contribution < -0.4 is 10.5 Å². The van der Waals surface area contributed by atoms with Gasteiger partial charge in [0.15, 0.2) is 0 Å². The molecule has 4 heteroatoms. The molecule has 3 nitrogen and oxygen atoms in total. The fourth-order valence-corrected chi connectivity index (χ4v) is 0.847. The Bertz CT molecular complexity index is 277. The zero-order valence-electron chi connectivity index (χ0n) is 7.97. The van der Waals surface area contributed by atoms with Crippen molar-refractivity contribution in [3.63, 3.8) is 0 Å². The van der Waals surface area contributed by atoms with E-state index < -0.39 is 6.04 Å². The lowest BCUT2D eigenvalue weighted by Crippen LogP contribution is -2.33. The van der Waals surface area contributed by atoms with Crippen LogP contribution in [0.5, 0.6) is 5.75 Å². The molecule has 0 heterocycles. The van der Waals surface area contributed by atoms with E-state index in [-0.39, 0.29) is 18.4 Å². The minimum Gasteiger partial charge on any atom is -0.425 e. The highest BCUT2D eigenvalue weighted by Gasteiger charge is 2.12. The maximum atomic E-state index is 11.2. The van der Waals surface area contributed by atoms with E-state index in [9.17, 15) is 4.79 Å². The fourth-order valence-electron chi connectivity index (χ4n) is 0.847. The molecule has 0 bridgehead atoms. The van der Waals surface area contributed by atoms with Gasteiger partial charge in [-0.1, -0.05) is 25.1 Å². The Morgan fingerprint density at radius 3 is 2.50 bits per heavy atom. The highest BCUT2D eigenvalue weighted by Crippen LogP contribution is 2.09. The maximum absolute atomic E-state index is 11.2. The van der Waals surface area contributed by atoms with Crippen LogP contribution in [0.15, 0.2) is 30.3 Å². The Morgan fingerprint density at radius 2 is 2.00 bits per heavy atom. The van der Waals surface area contributed by atoms with Crippen LogP contribution in [0.4, 0.5) is 0 Å².